The molecule has 0 spiro atoms. The van der Waals surface area contributed by atoms with Gasteiger partial charge in [0.15, 0.2) is 5.82 Å². The highest BCUT2D eigenvalue weighted by Crippen LogP contribution is 2.36. The molecule has 0 radical (unpaired) electrons. The molecule has 28 heavy (non-hydrogen) atoms. The highest BCUT2D eigenvalue weighted by molar-refractivity contribution is 7.89. The molecule has 2 heterocycles. The molecule has 1 saturated carbocycles. The average molecular weight is 401 g/mol. The monoisotopic (exact) mass is 400 g/mol. The topological polar surface area (TPSA) is 98.0 Å². The molecule has 4 rings (SSSR count). The molecule has 8 heteroatoms. The maximum atomic E-state index is 13.5. The maximum absolute atomic E-state index is 13.5. The fourth-order valence-corrected chi connectivity index (χ4v) is 5.57. The Labute approximate surface area is 164 Å². The highest BCUT2D eigenvalue weighted by Gasteiger charge is 2.41. The third kappa shape index (κ3) is 3.54. The molecule has 3 aromatic rings. The molecule has 0 unspecified atom stereocenters. The van der Waals surface area contributed by atoms with Crippen molar-refractivity contribution in [3.05, 3.63) is 47.7 Å². The summed E-state index contributed by atoms with van der Waals surface area (Å²) in [4.78, 5) is 8.94. The van der Waals surface area contributed by atoms with E-state index in [9.17, 15) is 8.42 Å². The fraction of sp³-hybridized carbons (Fsp3) is 0.450. The van der Waals surface area contributed by atoms with Crippen LogP contribution in [0.25, 0.3) is 10.9 Å². The minimum absolute atomic E-state index is 0.175. The van der Waals surface area contributed by atoms with Crippen molar-refractivity contribution in [2.45, 2.75) is 62.8 Å². The zero-order valence-electron chi connectivity index (χ0n) is 16.1. The van der Waals surface area contributed by atoms with Gasteiger partial charge in [0.05, 0.1) is 11.1 Å². The van der Waals surface area contributed by atoms with Gasteiger partial charge in [-0.3, -0.25) is 4.98 Å². The van der Waals surface area contributed by atoms with Crippen LogP contribution < -0.4 is 4.72 Å². The van der Waals surface area contributed by atoms with E-state index in [4.69, 9.17) is 4.52 Å². The summed E-state index contributed by atoms with van der Waals surface area (Å²) in [6.45, 7) is 3.65. The minimum atomic E-state index is -3.85. The van der Waals surface area contributed by atoms with Gasteiger partial charge in [0, 0.05) is 18.5 Å². The molecular formula is C20H24N4O3S. The molecule has 148 valence electrons. The Morgan fingerprint density at radius 1 is 1.11 bits per heavy atom. The van der Waals surface area contributed by atoms with Crippen molar-refractivity contribution in [3.8, 4) is 0 Å². The van der Waals surface area contributed by atoms with Gasteiger partial charge in [-0.25, -0.2) is 8.42 Å². The lowest BCUT2D eigenvalue weighted by atomic mass is 9.91. The van der Waals surface area contributed by atoms with Crippen LogP contribution in [0.2, 0.25) is 0 Å². The number of pyridine rings is 1. The normalized spacial score (nSPS) is 17.5. The van der Waals surface area contributed by atoms with Crippen LogP contribution in [-0.4, -0.2) is 23.5 Å². The van der Waals surface area contributed by atoms with Gasteiger partial charge in [-0.05, 0) is 37.5 Å². The largest absolute Gasteiger partial charge is 0.340 e. The van der Waals surface area contributed by atoms with Gasteiger partial charge < -0.3 is 4.52 Å². The van der Waals surface area contributed by atoms with Crippen LogP contribution in [0.5, 0.6) is 0 Å². The molecule has 0 amide bonds. The smallest absolute Gasteiger partial charge is 0.243 e. The molecule has 1 aliphatic carbocycles. The number of para-hydroxylation sites is 1. The van der Waals surface area contributed by atoms with Crippen LogP contribution in [0.15, 0.2) is 39.9 Å². The quantitative estimate of drug-likeness (QED) is 0.670. The molecule has 0 bridgehead atoms. The molecule has 1 aromatic carbocycles. The van der Waals surface area contributed by atoms with Crippen LogP contribution in [-0.2, 0) is 15.6 Å². The molecule has 2 aromatic heterocycles. The first-order chi connectivity index (χ1) is 13.4. The first kappa shape index (κ1) is 19.0. The second-order valence-electron chi connectivity index (χ2n) is 7.58. The SMILES string of the molecule is Cc1cnc2c(S(=O)(=O)NC3(c4noc(C)n4)CCCCCC3)cccc2c1. The Balaban J connectivity index is 1.80. The summed E-state index contributed by atoms with van der Waals surface area (Å²) in [5, 5.41) is 4.88. The van der Waals surface area contributed by atoms with E-state index in [0.29, 0.717) is 30.1 Å². The van der Waals surface area contributed by atoms with Crippen LogP contribution in [0.1, 0.15) is 55.8 Å². The van der Waals surface area contributed by atoms with Crippen molar-refractivity contribution in [2.75, 3.05) is 0 Å². The molecule has 0 atom stereocenters. The number of sulfonamides is 1. The van der Waals surface area contributed by atoms with E-state index < -0.39 is 15.6 Å². The molecule has 1 fully saturated rings. The summed E-state index contributed by atoms with van der Waals surface area (Å²) >= 11 is 0. The summed E-state index contributed by atoms with van der Waals surface area (Å²) in [7, 11) is -3.85. The van der Waals surface area contributed by atoms with Crippen molar-refractivity contribution in [3.63, 3.8) is 0 Å². The Morgan fingerprint density at radius 3 is 2.54 bits per heavy atom. The van der Waals surface area contributed by atoms with Crippen LogP contribution in [0.3, 0.4) is 0 Å². The lowest BCUT2D eigenvalue weighted by Crippen LogP contribution is -2.46. The predicted molar refractivity (Wildman–Crippen MR) is 105 cm³/mol. The van der Waals surface area contributed by atoms with E-state index in [1.54, 1.807) is 25.3 Å². The Bertz CT molecular complexity index is 1100. The lowest BCUT2D eigenvalue weighted by Gasteiger charge is -2.30. The van der Waals surface area contributed by atoms with Gasteiger partial charge in [0.2, 0.25) is 15.9 Å². The fourth-order valence-electron chi connectivity index (χ4n) is 3.97. The van der Waals surface area contributed by atoms with Crippen LogP contribution in [0.4, 0.5) is 0 Å². The van der Waals surface area contributed by atoms with Crippen molar-refractivity contribution < 1.29 is 12.9 Å². The first-order valence-electron chi connectivity index (χ1n) is 9.60. The summed E-state index contributed by atoms with van der Waals surface area (Å²) in [6.07, 6.45) is 6.91. The number of aryl methyl sites for hydroxylation is 2. The Hall–Kier alpha value is -2.32. The molecule has 7 nitrogen and oxygen atoms in total. The van der Waals surface area contributed by atoms with Crippen molar-refractivity contribution >= 4 is 20.9 Å². The van der Waals surface area contributed by atoms with Gasteiger partial charge >= 0.3 is 0 Å². The van der Waals surface area contributed by atoms with Gasteiger partial charge in [-0.2, -0.15) is 9.71 Å². The van der Waals surface area contributed by atoms with Gasteiger partial charge in [0.25, 0.3) is 0 Å². The van der Waals surface area contributed by atoms with Crippen molar-refractivity contribution in [1.29, 1.82) is 0 Å². The van der Waals surface area contributed by atoms with Crippen molar-refractivity contribution in [1.82, 2.24) is 19.8 Å². The Kier molecular flexibility index (Phi) is 4.93. The van der Waals surface area contributed by atoms with Crippen LogP contribution in [0, 0.1) is 13.8 Å². The van der Waals surface area contributed by atoms with Gasteiger partial charge in [-0.15, -0.1) is 0 Å². The predicted octanol–water partition coefficient (Wildman–Crippen LogP) is 3.76. The summed E-state index contributed by atoms with van der Waals surface area (Å²) < 4.78 is 35.0. The van der Waals surface area contributed by atoms with Crippen molar-refractivity contribution in [2.24, 2.45) is 0 Å². The third-order valence-electron chi connectivity index (χ3n) is 5.34. The number of aromatic nitrogens is 3. The summed E-state index contributed by atoms with van der Waals surface area (Å²) in [5.74, 6) is 0.847. The average Bonchev–Trinajstić information content (AvgIpc) is 2.97. The summed E-state index contributed by atoms with van der Waals surface area (Å²) in [6, 6.07) is 7.15. The second-order valence-corrected chi connectivity index (χ2v) is 9.23. The number of hydrogen-bond acceptors (Lipinski definition) is 6. The molecule has 1 N–H and O–H groups in total. The van der Waals surface area contributed by atoms with E-state index in [2.05, 4.69) is 19.8 Å². The second kappa shape index (κ2) is 7.25. The number of fused-ring (bicyclic) bond motifs is 1. The van der Waals surface area contributed by atoms with Gasteiger partial charge in [-0.1, -0.05) is 43.0 Å². The zero-order valence-corrected chi connectivity index (χ0v) is 16.9. The third-order valence-corrected chi connectivity index (χ3v) is 6.91. The molecule has 0 aliphatic heterocycles. The van der Waals surface area contributed by atoms with Gasteiger partial charge in [0.1, 0.15) is 4.90 Å². The van der Waals surface area contributed by atoms with E-state index in [1.165, 1.54) is 0 Å². The van der Waals surface area contributed by atoms with E-state index >= 15 is 0 Å². The number of hydrogen-bond donors (Lipinski definition) is 1. The number of nitrogens with zero attached hydrogens (tertiary/aromatic N) is 3. The first-order valence-corrected chi connectivity index (χ1v) is 11.1. The highest BCUT2D eigenvalue weighted by atomic mass is 32.2. The summed E-state index contributed by atoms with van der Waals surface area (Å²) in [5.41, 5.74) is 0.589. The maximum Gasteiger partial charge on any atom is 0.243 e. The number of benzene rings is 1. The molecule has 1 aliphatic rings. The van der Waals surface area contributed by atoms with E-state index in [1.807, 2.05) is 19.1 Å². The number of nitrogens with one attached hydrogen (secondary N) is 1. The minimum Gasteiger partial charge on any atom is -0.340 e. The Morgan fingerprint density at radius 2 is 1.86 bits per heavy atom. The molecule has 0 saturated heterocycles. The lowest BCUT2D eigenvalue weighted by molar-refractivity contribution is 0.301. The van der Waals surface area contributed by atoms with E-state index in [0.717, 1.165) is 36.6 Å². The standard InChI is InChI=1S/C20H24N4O3S/c1-14-12-16-8-7-9-17(18(16)21-13-14)28(25,26)24-20(10-5-3-4-6-11-20)19-22-15(2)27-23-19/h7-9,12-13,24H,3-6,10-11H2,1-2H3. The number of rotatable bonds is 4. The van der Waals surface area contributed by atoms with E-state index in [-0.39, 0.29) is 4.90 Å². The molecular weight excluding hydrogens is 376 g/mol. The van der Waals surface area contributed by atoms with Crippen LogP contribution >= 0.6 is 0 Å². The zero-order chi connectivity index (χ0) is 19.8.